The van der Waals surface area contributed by atoms with Gasteiger partial charge in [-0.3, -0.25) is 9.10 Å². The summed E-state index contributed by atoms with van der Waals surface area (Å²) in [5.41, 5.74) is 1.19. The number of sulfonamides is 1. The highest BCUT2D eigenvalue weighted by molar-refractivity contribution is 7.90. The summed E-state index contributed by atoms with van der Waals surface area (Å²) in [7, 11) is -2.89. The van der Waals surface area contributed by atoms with Crippen LogP contribution >= 0.6 is 0 Å². The Hall–Kier alpha value is -2.47. The summed E-state index contributed by atoms with van der Waals surface area (Å²) < 4.78 is 53.0. The van der Waals surface area contributed by atoms with E-state index in [1.54, 1.807) is 13.8 Å². The zero-order valence-electron chi connectivity index (χ0n) is 18.2. The van der Waals surface area contributed by atoms with Crippen molar-refractivity contribution in [2.45, 2.75) is 18.7 Å². The molecule has 0 atom stereocenters. The molecule has 0 bridgehead atoms. The maximum Gasteiger partial charge on any atom is 0.303 e. The predicted octanol–water partition coefficient (Wildman–Crippen LogP) is 2.21. The lowest BCUT2D eigenvalue weighted by atomic mass is 10.2. The lowest BCUT2D eigenvalue weighted by Crippen LogP contribution is -2.37. The van der Waals surface area contributed by atoms with E-state index in [0.717, 1.165) is 8.61 Å². The van der Waals surface area contributed by atoms with Gasteiger partial charge in [0.05, 0.1) is 10.6 Å². The van der Waals surface area contributed by atoms with Gasteiger partial charge in [0.1, 0.15) is 0 Å². The molecule has 0 aliphatic carbocycles. The zero-order valence-corrected chi connectivity index (χ0v) is 19.9. The van der Waals surface area contributed by atoms with Crippen molar-refractivity contribution in [1.29, 1.82) is 0 Å². The van der Waals surface area contributed by atoms with Gasteiger partial charge < -0.3 is 5.32 Å². The van der Waals surface area contributed by atoms with Crippen molar-refractivity contribution in [3.8, 4) is 0 Å². The Balaban J connectivity index is 2.14. The predicted molar refractivity (Wildman–Crippen MR) is 122 cm³/mol. The number of nitrogens with one attached hydrogen (secondary N) is 1. The van der Waals surface area contributed by atoms with Crippen LogP contribution in [0.3, 0.4) is 0 Å². The molecule has 31 heavy (non-hydrogen) atoms. The molecule has 1 amide bonds. The van der Waals surface area contributed by atoms with E-state index in [4.69, 9.17) is 0 Å². The summed E-state index contributed by atoms with van der Waals surface area (Å²) in [6.45, 7) is 4.29. The number of hydrogen-bond donors (Lipinski definition) is 1. The van der Waals surface area contributed by atoms with Crippen LogP contribution in [0.25, 0.3) is 0 Å². The Bertz CT molecular complexity index is 1110. The van der Waals surface area contributed by atoms with Crippen LogP contribution < -0.4 is 9.62 Å². The van der Waals surface area contributed by atoms with Crippen LogP contribution in [0.4, 0.5) is 11.4 Å². The van der Waals surface area contributed by atoms with Gasteiger partial charge in [-0.2, -0.15) is 17.0 Å². The Morgan fingerprint density at radius 1 is 0.839 bits per heavy atom. The average Bonchev–Trinajstić information content (AvgIpc) is 2.74. The Labute approximate surface area is 184 Å². The fraction of sp³-hybridized carbons (Fsp3) is 0.350. The van der Waals surface area contributed by atoms with Gasteiger partial charge in [-0.05, 0) is 48.5 Å². The molecule has 9 nitrogen and oxygen atoms in total. The lowest BCUT2D eigenvalue weighted by Gasteiger charge is -2.23. The summed E-state index contributed by atoms with van der Waals surface area (Å²) in [5.74, 6) is -0.399. The highest BCUT2D eigenvalue weighted by atomic mass is 32.2. The Morgan fingerprint density at radius 3 is 1.81 bits per heavy atom. The monoisotopic (exact) mass is 468 g/mol. The van der Waals surface area contributed by atoms with Crippen LogP contribution in [0.15, 0.2) is 53.4 Å². The molecular weight excluding hydrogens is 440 g/mol. The molecule has 0 heterocycles. The minimum Gasteiger partial charge on any atom is -0.322 e. The summed E-state index contributed by atoms with van der Waals surface area (Å²) >= 11 is 0. The minimum absolute atomic E-state index is 0.156. The maximum atomic E-state index is 12.5. The van der Waals surface area contributed by atoms with E-state index in [1.165, 1.54) is 74.0 Å². The first-order chi connectivity index (χ1) is 14.4. The van der Waals surface area contributed by atoms with Crippen molar-refractivity contribution >= 4 is 37.5 Å². The van der Waals surface area contributed by atoms with Crippen LogP contribution in [0.5, 0.6) is 0 Å². The third-order valence-corrected chi connectivity index (χ3v) is 8.65. The number of amides is 1. The number of anilines is 2. The second-order valence-corrected chi connectivity index (χ2v) is 11.0. The van der Waals surface area contributed by atoms with Crippen molar-refractivity contribution in [1.82, 2.24) is 8.61 Å². The zero-order chi connectivity index (χ0) is 23.4. The molecule has 2 rings (SSSR count). The molecule has 0 aliphatic heterocycles. The van der Waals surface area contributed by atoms with Crippen LogP contribution in [-0.2, 0) is 20.2 Å². The van der Waals surface area contributed by atoms with E-state index in [2.05, 4.69) is 5.32 Å². The highest BCUT2D eigenvalue weighted by Crippen LogP contribution is 2.21. The van der Waals surface area contributed by atoms with Crippen molar-refractivity contribution < 1.29 is 21.6 Å². The number of nitrogens with zero attached hydrogens (tertiary/aromatic N) is 3. The van der Waals surface area contributed by atoms with Gasteiger partial charge in [0.15, 0.2) is 0 Å². The molecule has 0 saturated heterocycles. The second-order valence-electron chi connectivity index (χ2n) is 6.87. The molecule has 0 unspecified atom stereocenters. The number of carbonyl (C=O) groups is 1. The van der Waals surface area contributed by atoms with Crippen molar-refractivity contribution in [2.24, 2.45) is 0 Å². The molecular formula is C20H28N4O5S2. The average molecular weight is 469 g/mol. The van der Waals surface area contributed by atoms with Crippen molar-refractivity contribution in [3.05, 3.63) is 54.1 Å². The van der Waals surface area contributed by atoms with E-state index >= 15 is 0 Å². The number of carbonyl (C=O) groups excluding carboxylic acids is 1. The van der Waals surface area contributed by atoms with Crippen molar-refractivity contribution in [3.63, 3.8) is 0 Å². The lowest BCUT2D eigenvalue weighted by molar-refractivity contribution is 0.102. The van der Waals surface area contributed by atoms with E-state index < -0.39 is 26.1 Å². The molecule has 0 radical (unpaired) electrons. The third-order valence-electron chi connectivity index (χ3n) is 4.76. The summed E-state index contributed by atoms with van der Waals surface area (Å²) in [6, 6.07) is 12.1. The maximum absolute atomic E-state index is 12.5. The van der Waals surface area contributed by atoms with Crippen LogP contribution in [0.2, 0.25) is 0 Å². The Kier molecular flexibility index (Phi) is 7.82. The van der Waals surface area contributed by atoms with Gasteiger partial charge in [0.25, 0.3) is 5.91 Å². The standard InChI is InChI=1S/C20H28N4O5S2/c1-6-24(7-2)30(26,27)19-14-10-17(11-15-19)21-20(25)16-8-12-18(13-9-16)23(5)31(28,29)22(3)4/h8-15H,6-7H2,1-5H3,(H,21,25). The summed E-state index contributed by atoms with van der Waals surface area (Å²) in [4.78, 5) is 12.7. The van der Waals surface area contributed by atoms with Gasteiger partial charge in [0.2, 0.25) is 10.0 Å². The second kappa shape index (κ2) is 9.77. The number of benzene rings is 2. The van der Waals surface area contributed by atoms with Gasteiger partial charge in [-0.1, -0.05) is 13.8 Å². The molecule has 170 valence electrons. The van der Waals surface area contributed by atoms with Crippen LogP contribution in [0.1, 0.15) is 24.2 Å². The number of hydrogen-bond acceptors (Lipinski definition) is 5. The van der Waals surface area contributed by atoms with Crippen LogP contribution in [-0.4, -0.2) is 65.6 Å². The molecule has 2 aromatic carbocycles. The fourth-order valence-corrected chi connectivity index (χ4v) is 5.16. The molecule has 0 fully saturated rings. The smallest absolute Gasteiger partial charge is 0.303 e. The van der Waals surface area contributed by atoms with Gasteiger partial charge in [-0.15, -0.1) is 0 Å². The molecule has 1 N–H and O–H groups in total. The van der Waals surface area contributed by atoms with Crippen LogP contribution in [0, 0.1) is 0 Å². The number of rotatable bonds is 9. The Morgan fingerprint density at radius 2 is 1.35 bits per heavy atom. The van der Waals surface area contributed by atoms with E-state index in [-0.39, 0.29) is 4.90 Å². The fourth-order valence-electron chi connectivity index (χ4n) is 2.83. The highest BCUT2D eigenvalue weighted by Gasteiger charge is 2.22. The molecule has 0 spiro atoms. The summed E-state index contributed by atoms with van der Waals surface area (Å²) in [6.07, 6.45) is 0. The van der Waals surface area contributed by atoms with Gasteiger partial charge in [0, 0.05) is 45.5 Å². The third kappa shape index (κ3) is 5.42. The molecule has 11 heteroatoms. The van der Waals surface area contributed by atoms with Gasteiger partial charge in [-0.25, -0.2) is 8.42 Å². The quantitative estimate of drug-likeness (QED) is 0.607. The normalized spacial score (nSPS) is 12.2. The molecule has 0 aromatic heterocycles. The SMILES string of the molecule is CCN(CC)S(=O)(=O)c1ccc(NC(=O)c2ccc(N(C)S(=O)(=O)N(C)C)cc2)cc1. The molecule has 0 saturated carbocycles. The van der Waals surface area contributed by atoms with E-state index in [0.29, 0.717) is 30.0 Å². The van der Waals surface area contributed by atoms with E-state index in [9.17, 15) is 21.6 Å². The first-order valence-corrected chi connectivity index (χ1v) is 12.5. The van der Waals surface area contributed by atoms with Crippen molar-refractivity contribution in [2.75, 3.05) is 43.9 Å². The van der Waals surface area contributed by atoms with Gasteiger partial charge >= 0.3 is 10.2 Å². The molecule has 0 aliphatic rings. The minimum atomic E-state index is -3.62. The summed E-state index contributed by atoms with van der Waals surface area (Å²) in [5, 5.41) is 2.70. The largest absolute Gasteiger partial charge is 0.322 e. The first-order valence-electron chi connectivity index (χ1n) is 9.63. The topological polar surface area (TPSA) is 107 Å². The van der Waals surface area contributed by atoms with E-state index in [1.807, 2.05) is 0 Å². The first kappa shape index (κ1) is 24.8. The molecule has 2 aromatic rings.